The van der Waals surface area contributed by atoms with Gasteiger partial charge >= 0.3 is 0 Å². The molecule has 2 saturated heterocycles. The van der Waals surface area contributed by atoms with Crippen LogP contribution in [-0.4, -0.2) is 73.3 Å². The molecule has 2 aromatic carbocycles. The van der Waals surface area contributed by atoms with E-state index in [2.05, 4.69) is 15.3 Å². The lowest BCUT2D eigenvalue weighted by Gasteiger charge is -2.18. The Bertz CT molecular complexity index is 1240. The van der Waals surface area contributed by atoms with E-state index in [1.165, 1.54) is 34.9 Å². The van der Waals surface area contributed by atoms with Gasteiger partial charge in [-0.3, -0.25) is 4.98 Å². The number of nitrogen functional groups attached to an aromatic ring is 1. The number of ether oxygens (including phenoxy) is 1. The standard InChI is InChI=1S/C20H19FN4O3S.C4H9NO/c21-17-9-13(5-6-16(17)18-10-24-20(22)11-23-18)15-3-1-2-4-19(15)29(27,28)25-8-7-14(26)12-25;1-3-6-4-2-5-1/h1-6,9-11,14,26H,7-8,12H2,(H2,22,24);5H,1-4H2. The average molecular weight is 502 g/mol. The lowest BCUT2D eigenvalue weighted by Crippen LogP contribution is -2.30. The van der Waals surface area contributed by atoms with Crippen molar-refractivity contribution in [2.75, 3.05) is 45.1 Å². The van der Waals surface area contributed by atoms with Crippen molar-refractivity contribution in [1.29, 1.82) is 0 Å². The van der Waals surface area contributed by atoms with Crippen molar-refractivity contribution in [3.8, 4) is 22.4 Å². The fourth-order valence-electron chi connectivity index (χ4n) is 3.88. The lowest BCUT2D eigenvalue weighted by molar-refractivity contribution is 0.109. The zero-order valence-corrected chi connectivity index (χ0v) is 19.9. The summed E-state index contributed by atoms with van der Waals surface area (Å²) in [6.07, 6.45) is 2.45. The van der Waals surface area contributed by atoms with Gasteiger partial charge in [-0.2, -0.15) is 4.31 Å². The van der Waals surface area contributed by atoms with E-state index in [0.717, 1.165) is 26.3 Å². The highest BCUT2D eigenvalue weighted by Crippen LogP contribution is 2.33. The van der Waals surface area contributed by atoms with Crippen LogP contribution in [0.25, 0.3) is 22.4 Å². The van der Waals surface area contributed by atoms with Crippen LogP contribution in [0.15, 0.2) is 59.8 Å². The van der Waals surface area contributed by atoms with Crippen molar-refractivity contribution in [3.63, 3.8) is 0 Å². The van der Waals surface area contributed by atoms with Crippen LogP contribution >= 0.6 is 0 Å². The van der Waals surface area contributed by atoms with E-state index in [1.807, 2.05) is 0 Å². The van der Waals surface area contributed by atoms with Gasteiger partial charge in [-0.15, -0.1) is 0 Å². The Morgan fingerprint density at radius 2 is 1.86 bits per heavy atom. The summed E-state index contributed by atoms with van der Waals surface area (Å²) in [5.41, 5.74) is 6.90. The summed E-state index contributed by atoms with van der Waals surface area (Å²) in [7, 11) is -3.82. The molecule has 2 fully saturated rings. The summed E-state index contributed by atoms with van der Waals surface area (Å²) < 4.78 is 47.2. The maximum atomic E-state index is 14.8. The second-order valence-corrected chi connectivity index (χ2v) is 10.1. The van der Waals surface area contributed by atoms with Gasteiger partial charge in [-0.05, 0) is 30.2 Å². The first-order valence-electron chi connectivity index (χ1n) is 11.3. The van der Waals surface area contributed by atoms with Gasteiger partial charge in [-0.25, -0.2) is 17.8 Å². The Labute approximate surface area is 203 Å². The molecule has 0 aliphatic carbocycles. The Kier molecular flexibility index (Phi) is 8.04. The van der Waals surface area contributed by atoms with Crippen LogP contribution in [0.1, 0.15) is 6.42 Å². The number of aromatic nitrogens is 2. The van der Waals surface area contributed by atoms with Gasteiger partial charge < -0.3 is 20.9 Å². The Balaban J connectivity index is 0.000000421. The molecule has 2 aliphatic rings. The number of sulfonamides is 1. The molecule has 5 rings (SSSR count). The molecule has 1 aromatic heterocycles. The van der Waals surface area contributed by atoms with E-state index in [9.17, 15) is 17.9 Å². The minimum Gasteiger partial charge on any atom is -0.392 e. The fraction of sp³-hybridized carbons (Fsp3) is 0.333. The van der Waals surface area contributed by atoms with E-state index >= 15 is 0 Å². The molecule has 4 N–H and O–H groups in total. The van der Waals surface area contributed by atoms with E-state index in [4.69, 9.17) is 10.5 Å². The molecule has 2 aliphatic heterocycles. The largest absolute Gasteiger partial charge is 0.392 e. The topological polar surface area (TPSA) is 131 Å². The average Bonchev–Trinajstić information content (AvgIpc) is 3.33. The van der Waals surface area contributed by atoms with Crippen LogP contribution in [0.5, 0.6) is 0 Å². The SMILES string of the molecule is C1COCCN1.Nc1cnc(-c2ccc(-c3ccccc3S(=O)(=O)N3CCC(O)C3)cc2F)cn1. The number of hydrogen-bond donors (Lipinski definition) is 3. The third-order valence-corrected chi connectivity index (χ3v) is 7.63. The third-order valence-electron chi connectivity index (χ3n) is 5.71. The lowest BCUT2D eigenvalue weighted by atomic mass is 10.0. The summed E-state index contributed by atoms with van der Waals surface area (Å²) >= 11 is 0. The van der Waals surface area contributed by atoms with Crippen molar-refractivity contribution >= 4 is 15.8 Å². The number of nitrogens with zero attached hydrogens (tertiary/aromatic N) is 3. The van der Waals surface area contributed by atoms with Crippen molar-refractivity contribution in [3.05, 3.63) is 60.7 Å². The molecule has 186 valence electrons. The first-order chi connectivity index (χ1) is 16.9. The molecule has 9 nitrogen and oxygen atoms in total. The number of aliphatic hydroxyl groups excluding tert-OH is 1. The van der Waals surface area contributed by atoms with Crippen LogP contribution in [0.4, 0.5) is 10.2 Å². The molecule has 1 unspecified atom stereocenters. The van der Waals surface area contributed by atoms with Crippen LogP contribution in [0.3, 0.4) is 0 Å². The molecule has 35 heavy (non-hydrogen) atoms. The maximum absolute atomic E-state index is 14.8. The van der Waals surface area contributed by atoms with Crippen LogP contribution in [0.2, 0.25) is 0 Å². The molecule has 1 atom stereocenters. The summed E-state index contributed by atoms with van der Waals surface area (Å²) in [4.78, 5) is 8.07. The van der Waals surface area contributed by atoms with E-state index in [1.54, 1.807) is 24.3 Å². The summed E-state index contributed by atoms with van der Waals surface area (Å²) in [5.74, 6) is -0.317. The van der Waals surface area contributed by atoms with Crippen molar-refractivity contribution in [2.45, 2.75) is 17.4 Å². The van der Waals surface area contributed by atoms with E-state index < -0.39 is 21.9 Å². The van der Waals surface area contributed by atoms with Crippen LogP contribution in [0, 0.1) is 5.82 Å². The molecular formula is C24H28FN5O4S. The Morgan fingerprint density at radius 3 is 2.43 bits per heavy atom. The maximum Gasteiger partial charge on any atom is 0.243 e. The minimum absolute atomic E-state index is 0.0553. The predicted molar refractivity (Wildman–Crippen MR) is 130 cm³/mol. The summed E-state index contributed by atoms with van der Waals surface area (Å²) in [6.45, 7) is 4.14. The predicted octanol–water partition coefficient (Wildman–Crippen LogP) is 1.89. The third kappa shape index (κ3) is 6.00. The van der Waals surface area contributed by atoms with Gasteiger partial charge in [0.25, 0.3) is 0 Å². The zero-order valence-electron chi connectivity index (χ0n) is 19.1. The normalized spacial score (nSPS) is 18.6. The number of halogens is 1. The molecule has 3 aromatic rings. The second kappa shape index (κ2) is 11.2. The van der Waals surface area contributed by atoms with Gasteiger partial charge in [0.05, 0.1) is 42.3 Å². The molecule has 0 bridgehead atoms. The number of hydrogen-bond acceptors (Lipinski definition) is 8. The highest BCUT2D eigenvalue weighted by molar-refractivity contribution is 7.89. The van der Waals surface area contributed by atoms with Crippen molar-refractivity contribution in [2.24, 2.45) is 0 Å². The summed E-state index contributed by atoms with van der Waals surface area (Å²) in [6, 6.07) is 10.9. The van der Waals surface area contributed by atoms with Gasteiger partial charge in [0.15, 0.2) is 0 Å². The van der Waals surface area contributed by atoms with Crippen LogP contribution < -0.4 is 11.1 Å². The zero-order chi connectivity index (χ0) is 24.8. The number of β-amino-alcohol motifs (C(OH)–C–C–N with tert-alkyl or cyclic N) is 1. The van der Waals surface area contributed by atoms with E-state index in [0.29, 0.717) is 23.2 Å². The quantitative estimate of drug-likeness (QED) is 0.494. The second-order valence-electron chi connectivity index (χ2n) is 8.19. The smallest absolute Gasteiger partial charge is 0.243 e. The van der Waals surface area contributed by atoms with Gasteiger partial charge in [0.1, 0.15) is 11.6 Å². The first kappa shape index (κ1) is 25.1. The van der Waals surface area contributed by atoms with Gasteiger partial charge in [-0.1, -0.05) is 24.3 Å². The minimum atomic E-state index is -3.82. The number of rotatable bonds is 4. The Hall–Kier alpha value is -2.96. The summed E-state index contributed by atoms with van der Waals surface area (Å²) in [5, 5.41) is 12.9. The number of morpholine rings is 1. The Morgan fingerprint density at radius 1 is 1.09 bits per heavy atom. The van der Waals surface area contributed by atoms with Gasteiger partial charge in [0, 0.05) is 37.3 Å². The number of nitrogens with two attached hydrogens (primary N) is 1. The van der Waals surface area contributed by atoms with Crippen molar-refractivity contribution in [1.82, 2.24) is 19.6 Å². The molecule has 0 radical (unpaired) electrons. The number of benzene rings is 2. The molecule has 0 amide bonds. The number of aliphatic hydroxyl groups is 1. The van der Waals surface area contributed by atoms with Crippen LogP contribution in [-0.2, 0) is 14.8 Å². The number of nitrogens with one attached hydrogen (secondary N) is 1. The van der Waals surface area contributed by atoms with Crippen molar-refractivity contribution < 1.29 is 22.7 Å². The van der Waals surface area contributed by atoms with E-state index in [-0.39, 0.29) is 29.4 Å². The molecule has 0 spiro atoms. The first-order valence-corrected chi connectivity index (χ1v) is 12.7. The molecular weight excluding hydrogens is 473 g/mol. The highest BCUT2D eigenvalue weighted by atomic mass is 32.2. The highest BCUT2D eigenvalue weighted by Gasteiger charge is 2.33. The molecule has 0 saturated carbocycles. The molecule has 3 heterocycles. The number of anilines is 1. The fourth-order valence-corrected chi connectivity index (χ4v) is 5.59. The molecule has 11 heteroatoms. The van der Waals surface area contributed by atoms with Gasteiger partial charge in [0.2, 0.25) is 10.0 Å². The monoisotopic (exact) mass is 501 g/mol.